The van der Waals surface area contributed by atoms with Crippen LogP contribution in [0.1, 0.15) is 23.0 Å². The SMILES string of the molecule is CC(=O)Nc1ccc(NC(=O)c2ccc(-c3cccc(Br)c3)nc2C)c(Cl)c1. The topological polar surface area (TPSA) is 71.1 Å². The molecule has 2 aromatic carbocycles. The van der Waals surface area contributed by atoms with Crippen molar-refractivity contribution in [2.24, 2.45) is 0 Å². The Labute approximate surface area is 176 Å². The number of hydrogen-bond acceptors (Lipinski definition) is 3. The van der Waals surface area contributed by atoms with Crippen LogP contribution in [0.3, 0.4) is 0 Å². The first-order chi connectivity index (χ1) is 13.3. The third kappa shape index (κ3) is 4.77. The lowest BCUT2D eigenvalue weighted by atomic mass is 10.1. The molecule has 0 unspecified atom stereocenters. The number of aryl methyl sites for hydroxylation is 1. The quantitative estimate of drug-likeness (QED) is 0.528. The second kappa shape index (κ2) is 8.54. The largest absolute Gasteiger partial charge is 0.326 e. The molecule has 28 heavy (non-hydrogen) atoms. The number of anilines is 2. The van der Waals surface area contributed by atoms with Gasteiger partial charge in [0.25, 0.3) is 5.91 Å². The number of carbonyl (C=O) groups excluding carboxylic acids is 2. The Morgan fingerprint density at radius 3 is 2.46 bits per heavy atom. The lowest BCUT2D eigenvalue weighted by Crippen LogP contribution is -2.15. The molecule has 2 N–H and O–H groups in total. The van der Waals surface area contributed by atoms with Gasteiger partial charge in [-0.3, -0.25) is 14.6 Å². The van der Waals surface area contributed by atoms with Crippen molar-refractivity contribution in [2.45, 2.75) is 13.8 Å². The zero-order chi connectivity index (χ0) is 20.3. The maximum atomic E-state index is 12.7. The summed E-state index contributed by atoms with van der Waals surface area (Å²) in [4.78, 5) is 28.3. The Bertz CT molecular complexity index is 1070. The highest BCUT2D eigenvalue weighted by Crippen LogP contribution is 2.27. The van der Waals surface area contributed by atoms with Crippen LogP contribution in [0.25, 0.3) is 11.3 Å². The number of pyridine rings is 1. The summed E-state index contributed by atoms with van der Waals surface area (Å²) in [6.45, 7) is 3.20. The van der Waals surface area contributed by atoms with Crippen molar-refractivity contribution >= 4 is 50.7 Å². The minimum atomic E-state index is -0.306. The molecule has 142 valence electrons. The monoisotopic (exact) mass is 457 g/mol. The second-order valence-corrected chi connectivity index (χ2v) is 7.49. The van der Waals surface area contributed by atoms with E-state index in [0.29, 0.717) is 27.7 Å². The highest BCUT2D eigenvalue weighted by atomic mass is 79.9. The van der Waals surface area contributed by atoms with Gasteiger partial charge in [0, 0.05) is 22.6 Å². The zero-order valence-electron chi connectivity index (χ0n) is 15.2. The van der Waals surface area contributed by atoms with E-state index >= 15 is 0 Å². The normalized spacial score (nSPS) is 10.4. The predicted molar refractivity (Wildman–Crippen MR) is 116 cm³/mol. The van der Waals surface area contributed by atoms with Crippen molar-refractivity contribution in [3.63, 3.8) is 0 Å². The molecule has 0 aliphatic carbocycles. The van der Waals surface area contributed by atoms with Crippen molar-refractivity contribution in [3.8, 4) is 11.3 Å². The molecule has 5 nitrogen and oxygen atoms in total. The maximum absolute atomic E-state index is 12.7. The first kappa shape index (κ1) is 20.0. The number of benzene rings is 2. The van der Waals surface area contributed by atoms with Crippen LogP contribution in [0, 0.1) is 6.92 Å². The van der Waals surface area contributed by atoms with Crippen molar-refractivity contribution in [2.75, 3.05) is 10.6 Å². The van der Waals surface area contributed by atoms with Crippen LogP contribution in [0.2, 0.25) is 5.02 Å². The molecule has 0 bridgehead atoms. The Hall–Kier alpha value is -2.70. The van der Waals surface area contributed by atoms with Crippen LogP contribution < -0.4 is 10.6 Å². The molecule has 1 aromatic heterocycles. The summed E-state index contributed by atoms with van der Waals surface area (Å²) in [6.07, 6.45) is 0. The Kier molecular flexibility index (Phi) is 6.11. The van der Waals surface area contributed by atoms with Gasteiger partial charge in [-0.2, -0.15) is 0 Å². The van der Waals surface area contributed by atoms with Gasteiger partial charge >= 0.3 is 0 Å². The van der Waals surface area contributed by atoms with Gasteiger partial charge in [0.15, 0.2) is 0 Å². The lowest BCUT2D eigenvalue weighted by molar-refractivity contribution is -0.114. The third-order valence-corrected chi connectivity index (χ3v) is 4.79. The van der Waals surface area contributed by atoms with E-state index in [-0.39, 0.29) is 11.8 Å². The van der Waals surface area contributed by atoms with Gasteiger partial charge in [0.1, 0.15) is 0 Å². The molecule has 0 aliphatic rings. The number of nitrogens with zero attached hydrogens (tertiary/aromatic N) is 1. The molecule has 0 atom stereocenters. The fourth-order valence-corrected chi connectivity index (χ4v) is 3.32. The number of nitrogens with one attached hydrogen (secondary N) is 2. The maximum Gasteiger partial charge on any atom is 0.257 e. The van der Waals surface area contributed by atoms with Crippen molar-refractivity contribution in [1.29, 1.82) is 0 Å². The van der Waals surface area contributed by atoms with E-state index in [4.69, 9.17) is 11.6 Å². The minimum absolute atomic E-state index is 0.194. The van der Waals surface area contributed by atoms with Crippen molar-refractivity contribution < 1.29 is 9.59 Å². The zero-order valence-corrected chi connectivity index (χ0v) is 17.6. The fraction of sp³-hybridized carbons (Fsp3) is 0.0952. The molecule has 0 fully saturated rings. The highest BCUT2D eigenvalue weighted by molar-refractivity contribution is 9.10. The van der Waals surface area contributed by atoms with Crippen LogP contribution >= 0.6 is 27.5 Å². The average molecular weight is 459 g/mol. The number of amides is 2. The molecular weight excluding hydrogens is 442 g/mol. The molecule has 0 saturated heterocycles. The van der Waals surface area contributed by atoms with Crippen LogP contribution in [0.15, 0.2) is 59.1 Å². The van der Waals surface area contributed by atoms with E-state index in [0.717, 1.165) is 15.7 Å². The Morgan fingerprint density at radius 2 is 1.82 bits per heavy atom. The number of halogens is 2. The highest BCUT2D eigenvalue weighted by Gasteiger charge is 2.14. The summed E-state index contributed by atoms with van der Waals surface area (Å²) in [5.41, 5.74) is 3.83. The van der Waals surface area contributed by atoms with Gasteiger partial charge in [-0.25, -0.2) is 0 Å². The first-order valence-electron chi connectivity index (χ1n) is 8.45. The molecule has 7 heteroatoms. The van der Waals surface area contributed by atoms with Crippen molar-refractivity contribution in [1.82, 2.24) is 4.98 Å². The van der Waals surface area contributed by atoms with E-state index in [1.807, 2.05) is 30.3 Å². The van der Waals surface area contributed by atoms with E-state index < -0.39 is 0 Å². The van der Waals surface area contributed by atoms with Gasteiger partial charge < -0.3 is 10.6 Å². The number of hydrogen-bond donors (Lipinski definition) is 2. The molecule has 0 saturated carbocycles. The summed E-state index contributed by atoms with van der Waals surface area (Å²) in [7, 11) is 0. The number of aromatic nitrogens is 1. The number of rotatable bonds is 4. The van der Waals surface area contributed by atoms with Gasteiger partial charge in [-0.05, 0) is 49.4 Å². The van der Waals surface area contributed by atoms with E-state index in [1.165, 1.54) is 6.92 Å². The molecule has 0 radical (unpaired) electrons. The van der Waals surface area contributed by atoms with Crippen molar-refractivity contribution in [3.05, 3.63) is 75.4 Å². The molecule has 3 aromatic rings. The molecule has 2 amide bonds. The summed E-state index contributed by atoms with van der Waals surface area (Å²) in [5.74, 6) is -0.500. The Morgan fingerprint density at radius 1 is 1.04 bits per heavy atom. The first-order valence-corrected chi connectivity index (χ1v) is 9.62. The molecule has 0 spiro atoms. The fourth-order valence-electron chi connectivity index (χ4n) is 2.70. The van der Waals surface area contributed by atoms with Gasteiger partial charge in [0.2, 0.25) is 5.91 Å². The number of carbonyl (C=O) groups is 2. The molecule has 3 rings (SSSR count). The van der Waals surface area contributed by atoms with Crippen LogP contribution in [0.5, 0.6) is 0 Å². The minimum Gasteiger partial charge on any atom is -0.326 e. The van der Waals surface area contributed by atoms with E-state index in [1.54, 1.807) is 31.2 Å². The summed E-state index contributed by atoms with van der Waals surface area (Å²) in [5, 5.41) is 5.76. The van der Waals surface area contributed by atoms with E-state index in [9.17, 15) is 9.59 Å². The summed E-state index contributed by atoms with van der Waals surface area (Å²) < 4.78 is 0.962. The van der Waals surface area contributed by atoms with Crippen LogP contribution in [-0.2, 0) is 4.79 Å². The molecular formula is C21H17BrClN3O2. The van der Waals surface area contributed by atoms with Gasteiger partial charge in [-0.1, -0.05) is 39.7 Å². The summed E-state index contributed by atoms with van der Waals surface area (Å²) in [6, 6.07) is 16.3. The molecule has 0 aliphatic heterocycles. The van der Waals surface area contributed by atoms with Gasteiger partial charge in [0.05, 0.1) is 27.7 Å². The van der Waals surface area contributed by atoms with E-state index in [2.05, 4.69) is 31.5 Å². The van der Waals surface area contributed by atoms with Crippen LogP contribution in [-0.4, -0.2) is 16.8 Å². The summed E-state index contributed by atoms with van der Waals surface area (Å²) >= 11 is 9.67. The predicted octanol–water partition coefficient (Wildman–Crippen LogP) is 5.68. The van der Waals surface area contributed by atoms with Gasteiger partial charge in [-0.15, -0.1) is 0 Å². The third-order valence-electron chi connectivity index (χ3n) is 3.99. The second-order valence-electron chi connectivity index (χ2n) is 6.17. The standard InChI is InChI=1S/C21H17BrClN3O2/c1-12-17(7-9-19(24-12)14-4-3-5-15(22)10-14)21(28)26-20-8-6-16(11-18(20)23)25-13(2)27/h3-11H,1-2H3,(H,25,27)(H,26,28). The molecule has 1 heterocycles. The average Bonchev–Trinajstić information content (AvgIpc) is 2.63. The smallest absolute Gasteiger partial charge is 0.257 e. The van der Waals surface area contributed by atoms with Crippen LogP contribution in [0.4, 0.5) is 11.4 Å². The Balaban J connectivity index is 1.80. The lowest BCUT2D eigenvalue weighted by Gasteiger charge is -2.11.